The third-order valence-corrected chi connectivity index (χ3v) is 3.28. The topological polar surface area (TPSA) is 66.5 Å². The second-order valence-electron chi connectivity index (χ2n) is 3.63. The van der Waals surface area contributed by atoms with E-state index in [9.17, 15) is 5.11 Å². The van der Waals surface area contributed by atoms with Crippen LogP contribution in [0.2, 0.25) is 0 Å². The van der Waals surface area contributed by atoms with Gasteiger partial charge in [-0.15, -0.1) is 0 Å². The molecule has 1 rings (SSSR count). The molecule has 3 nitrogen and oxygen atoms in total. The lowest BCUT2D eigenvalue weighted by Crippen LogP contribution is -2.29. The number of halogens is 1. The first-order chi connectivity index (χ1) is 7.06. The van der Waals surface area contributed by atoms with Crippen molar-refractivity contribution in [1.82, 2.24) is 0 Å². The van der Waals surface area contributed by atoms with Gasteiger partial charge in [-0.3, -0.25) is 0 Å². The van der Waals surface area contributed by atoms with Crippen LogP contribution in [0.25, 0.3) is 0 Å². The number of aliphatic hydroxyl groups excluding tert-OH is 2. The zero-order valence-corrected chi connectivity index (χ0v) is 10.2. The van der Waals surface area contributed by atoms with Gasteiger partial charge in [0.05, 0.1) is 6.10 Å². The van der Waals surface area contributed by atoms with E-state index in [1.807, 2.05) is 25.1 Å². The molecule has 0 fully saturated rings. The van der Waals surface area contributed by atoms with E-state index in [0.29, 0.717) is 6.42 Å². The van der Waals surface area contributed by atoms with Crippen LogP contribution >= 0.6 is 15.9 Å². The Kier molecular flexibility index (Phi) is 4.73. The van der Waals surface area contributed by atoms with E-state index < -0.39 is 12.1 Å². The molecule has 0 radical (unpaired) electrons. The summed E-state index contributed by atoms with van der Waals surface area (Å²) >= 11 is 3.39. The highest BCUT2D eigenvalue weighted by atomic mass is 79.9. The van der Waals surface area contributed by atoms with Crippen molar-refractivity contribution in [1.29, 1.82) is 0 Å². The summed E-state index contributed by atoms with van der Waals surface area (Å²) in [6.45, 7) is 1.95. The minimum Gasteiger partial charge on any atom is -0.396 e. The van der Waals surface area contributed by atoms with Crippen molar-refractivity contribution in [2.24, 2.45) is 5.73 Å². The van der Waals surface area contributed by atoms with E-state index in [4.69, 9.17) is 10.8 Å². The van der Waals surface area contributed by atoms with Crippen molar-refractivity contribution in [3.8, 4) is 0 Å². The van der Waals surface area contributed by atoms with E-state index in [1.165, 1.54) is 0 Å². The fourth-order valence-corrected chi connectivity index (χ4v) is 1.65. The molecular formula is C11H16BrNO2. The van der Waals surface area contributed by atoms with Crippen LogP contribution in [0.5, 0.6) is 0 Å². The molecule has 0 aliphatic carbocycles. The Morgan fingerprint density at radius 1 is 1.47 bits per heavy atom. The molecule has 1 aromatic carbocycles. The molecule has 0 aliphatic rings. The lowest BCUT2D eigenvalue weighted by atomic mass is 9.99. The summed E-state index contributed by atoms with van der Waals surface area (Å²) in [5.74, 6) is 0. The fraction of sp³-hybridized carbons (Fsp3) is 0.455. The molecule has 0 heterocycles. The van der Waals surface area contributed by atoms with Crippen LogP contribution in [0.3, 0.4) is 0 Å². The van der Waals surface area contributed by atoms with E-state index >= 15 is 0 Å². The predicted octanol–water partition coefficient (Wildman–Crippen LogP) is 1.50. The van der Waals surface area contributed by atoms with Crippen LogP contribution in [-0.4, -0.2) is 22.9 Å². The van der Waals surface area contributed by atoms with Gasteiger partial charge in [-0.25, -0.2) is 0 Å². The standard InChI is InChI=1S/C11H16BrNO2/c1-7-6-8(2-3-9(7)12)11(15)10(13)4-5-14/h2-3,6,10-11,14-15H,4-5,13H2,1H3. The van der Waals surface area contributed by atoms with Crippen LogP contribution in [-0.2, 0) is 0 Å². The maximum absolute atomic E-state index is 9.88. The molecule has 0 amide bonds. The minimum absolute atomic E-state index is 0.00621. The lowest BCUT2D eigenvalue weighted by molar-refractivity contribution is 0.129. The zero-order valence-electron chi connectivity index (χ0n) is 8.65. The molecular weight excluding hydrogens is 258 g/mol. The van der Waals surface area contributed by atoms with Gasteiger partial charge in [-0.2, -0.15) is 0 Å². The van der Waals surface area contributed by atoms with Crippen LogP contribution in [0.1, 0.15) is 23.7 Å². The second-order valence-corrected chi connectivity index (χ2v) is 4.48. The second kappa shape index (κ2) is 5.61. The number of rotatable bonds is 4. The fourth-order valence-electron chi connectivity index (χ4n) is 1.41. The number of benzene rings is 1. The summed E-state index contributed by atoms with van der Waals surface area (Å²) in [5.41, 5.74) is 7.57. The van der Waals surface area contributed by atoms with Gasteiger partial charge in [0.15, 0.2) is 0 Å². The monoisotopic (exact) mass is 273 g/mol. The third-order valence-electron chi connectivity index (χ3n) is 2.39. The molecule has 4 heteroatoms. The highest BCUT2D eigenvalue weighted by molar-refractivity contribution is 9.10. The minimum atomic E-state index is -0.719. The Hall–Kier alpha value is -0.420. The quantitative estimate of drug-likeness (QED) is 0.779. The Morgan fingerprint density at radius 3 is 2.67 bits per heavy atom. The molecule has 2 atom stereocenters. The molecule has 84 valence electrons. The van der Waals surface area contributed by atoms with Gasteiger partial charge < -0.3 is 15.9 Å². The summed E-state index contributed by atoms with van der Waals surface area (Å²) in [5, 5.41) is 18.6. The van der Waals surface area contributed by atoms with Crippen molar-refractivity contribution in [2.75, 3.05) is 6.61 Å². The molecule has 15 heavy (non-hydrogen) atoms. The summed E-state index contributed by atoms with van der Waals surface area (Å²) in [7, 11) is 0. The first-order valence-electron chi connectivity index (χ1n) is 4.87. The molecule has 0 bridgehead atoms. The predicted molar refractivity (Wildman–Crippen MR) is 63.5 cm³/mol. The number of nitrogens with two attached hydrogens (primary N) is 1. The summed E-state index contributed by atoms with van der Waals surface area (Å²) in [4.78, 5) is 0. The summed E-state index contributed by atoms with van der Waals surface area (Å²) in [6.07, 6.45) is -0.319. The number of aryl methyl sites for hydroxylation is 1. The molecule has 0 saturated heterocycles. The van der Waals surface area contributed by atoms with E-state index in [-0.39, 0.29) is 6.61 Å². The van der Waals surface area contributed by atoms with Gasteiger partial charge in [-0.1, -0.05) is 28.1 Å². The maximum atomic E-state index is 9.88. The van der Waals surface area contributed by atoms with Crippen LogP contribution in [0.4, 0.5) is 0 Å². The molecule has 1 aromatic rings. The first-order valence-corrected chi connectivity index (χ1v) is 5.66. The maximum Gasteiger partial charge on any atom is 0.0941 e. The number of hydrogen-bond acceptors (Lipinski definition) is 3. The largest absolute Gasteiger partial charge is 0.396 e. The average molecular weight is 274 g/mol. The smallest absolute Gasteiger partial charge is 0.0941 e. The van der Waals surface area contributed by atoms with Gasteiger partial charge in [-0.05, 0) is 30.5 Å². The summed E-state index contributed by atoms with van der Waals surface area (Å²) in [6, 6.07) is 5.19. The lowest BCUT2D eigenvalue weighted by Gasteiger charge is -2.18. The normalized spacial score (nSPS) is 15.0. The summed E-state index contributed by atoms with van der Waals surface area (Å²) < 4.78 is 1.01. The van der Waals surface area contributed by atoms with E-state index in [0.717, 1.165) is 15.6 Å². The van der Waals surface area contributed by atoms with Crippen molar-refractivity contribution >= 4 is 15.9 Å². The Bertz CT molecular complexity index is 330. The van der Waals surface area contributed by atoms with Crippen molar-refractivity contribution in [3.63, 3.8) is 0 Å². The highest BCUT2D eigenvalue weighted by Crippen LogP contribution is 2.23. The van der Waals surface area contributed by atoms with E-state index in [1.54, 1.807) is 0 Å². The Labute approximate surface area is 98.1 Å². The molecule has 0 aromatic heterocycles. The molecule has 0 saturated carbocycles. The number of aliphatic hydroxyl groups is 2. The van der Waals surface area contributed by atoms with Gasteiger partial charge in [0.1, 0.15) is 0 Å². The Balaban J connectivity index is 2.81. The van der Waals surface area contributed by atoms with Crippen LogP contribution < -0.4 is 5.73 Å². The van der Waals surface area contributed by atoms with Gasteiger partial charge in [0, 0.05) is 17.1 Å². The highest BCUT2D eigenvalue weighted by Gasteiger charge is 2.16. The SMILES string of the molecule is Cc1cc(C(O)C(N)CCO)ccc1Br. The zero-order chi connectivity index (χ0) is 11.4. The van der Waals surface area contributed by atoms with Gasteiger partial charge >= 0.3 is 0 Å². The molecule has 4 N–H and O–H groups in total. The number of hydrogen-bond donors (Lipinski definition) is 3. The van der Waals surface area contributed by atoms with Crippen LogP contribution in [0.15, 0.2) is 22.7 Å². The van der Waals surface area contributed by atoms with Gasteiger partial charge in [0.25, 0.3) is 0 Å². The van der Waals surface area contributed by atoms with Crippen molar-refractivity contribution in [2.45, 2.75) is 25.5 Å². The van der Waals surface area contributed by atoms with Gasteiger partial charge in [0.2, 0.25) is 0 Å². The van der Waals surface area contributed by atoms with Crippen molar-refractivity contribution in [3.05, 3.63) is 33.8 Å². The average Bonchev–Trinajstić information content (AvgIpc) is 2.21. The molecule has 0 aliphatic heterocycles. The third kappa shape index (κ3) is 3.28. The van der Waals surface area contributed by atoms with Crippen molar-refractivity contribution < 1.29 is 10.2 Å². The van der Waals surface area contributed by atoms with E-state index in [2.05, 4.69) is 15.9 Å². The molecule has 0 spiro atoms. The molecule has 2 unspecified atom stereocenters. The van der Waals surface area contributed by atoms with Crippen LogP contribution in [0, 0.1) is 6.92 Å². The Morgan fingerprint density at radius 2 is 2.13 bits per heavy atom. The first kappa shape index (κ1) is 12.6.